The third kappa shape index (κ3) is 2.74. The van der Waals surface area contributed by atoms with E-state index in [9.17, 15) is 5.11 Å². The van der Waals surface area contributed by atoms with Gasteiger partial charge in [0.25, 0.3) is 0 Å². The highest BCUT2D eigenvalue weighted by molar-refractivity contribution is 9.10. The zero-order chi connectivity index (χ0) is 11.4. The topological polar surface area (TPSA) is 45.1 Å². The number of aromatic nitrogens is 1. The van der Waals surface area contributed by atoms with Crippen LogP contribution in [0.3, 0.4) is 0 Å². The molecule has 88 valence electrons. The summed E-state index contributed by atoms with van der Waals surface area (Å²) >= 11 is 3.35. The van der Waals surface area contributed by atoms with Crippen molar-refractivity contribution in [2.24, 2.45) is 0 Å². The van der Waals surface area contributed by atoms with E-state index in [1.165, 1.54) is 19.3 Å². The van der Waals surface area contributed by atoms with E-state index in [2.05, 4.69) is 26.2 Å². The quantitative estimate of drug-likeness (QED) is 0.839. The predicted molar refractivity (Wildman–Crippen MR) is 68.5 cm³/mol. The molecule has 1 aromatic heterocycles. The maximum atomic E-state index is 9.57. The Balaban J connectivity index is 2.11. The van der Waals surface area contributed by atoms with Crippen LogP contribution in [0.15, 0.2) is 22.8 Å². The largest absolute Gasteiger partial charge is 0.394 e. The summed E-state index contributed by atoms with van der Waals surface area (Å²) in [5.74, 6) is 0.838. The van der Waals surface area contributed by atoms with Crippen LogP contribution < -0.4 is 5.32 Å². The van der Waals surface area contributed by atoms with E-state index >= 15 is 0 Å². The molecule has 0 atom stereocenters. The smallest absolute Gasteiger partial charge is 0.127 e. The van der Waals surface area contributed by atoms with Crippen molar-refractivity contribution >= 4 is 21.7 Å². The molecule has 0 amide bonds. The molecule has 4 heteroatoms. The Bertz CT molecular complexity index is 351. The normalized spacial score (nSPS) is 19.4. The Labute approximate surface area is 104 Å². The molecule has 1 heterocycles. The Morgan fingerprint density at radius 1 is 1.31 bits per heavy atom. The molecule has 0 spiro atoms. The average Bonchev–Trinajstić information content (AvgIpc) is 2.30. The molecule has 3 nitrogen and oxygen atoms in total. The number of aliphatic hydroxyl groups is 1. The number of pyridine rings is 1. The predicted octanol–water partition coefficient (Wildman–Crippen LogP) is 2.95. The molecule has 2 N–H and O–H groups in total. The molecule has 1 aliphatic rings. The molecule has 2 rings (SSSR count). The molecule has 0 unspecified atom stereocenters. The number of nitrogens with zero attached hydrogens (tertiary/aromatic N) is 1. The van der Waals surface area contributed by atoms with Crippen molar-refractivity contribution in [2.45, 2.75) is 37.6 Å². The molecule has 16 heavy (non-hydrogen) atoms. The first-order valence-electron chi connectivity index (χ1n) is 5.76. The molecule has 0 saturated heterocycles. The Morgan fingerprint density at radius 2 is 2.06 bits per heavy atom. The van der Waals surface area contributed by atoms with Crippen molar-refractivity contribution in [1.29, 1.82) is 0 Å². The van der Waals surface area contributed by atoms with Crippen molar-refractivity contribution in [3.05, 3.63) is 22.8 Å². The molecule has 0 bridgehead atoms. The van der Waals surface area contributed by atoms with E-state index < -0.39 is 0 Å². The fourth-order valence-corrected chi connectivity index (χ4v) is 2.64. The molecule has 0 aromatic carbocycles. The lowest BCUT2D eigenvalue weighted by Gasteiger charge is -2.36. The van der Waals surface area contributed by atoms with Crippen molar-refractivity contribution in [2.75, 3.05) is 11.9 Å². The lowest BCUT2D eigenvalue weighted by atomic mass is 9.82. The van der Waals surface area contributed by atoms with Gasteiger partial charge in [0.1, 0.15) is 10.4 Å². The van der Waals surface area contributed by atoms with Gasteiger partial charge in [-0.25, -0.2) is 4.98 Å². The van der Waals surface area contributed by atoms with E-state index in [0.717, 1.165) is 23.3 Å². The third-order valence-corrected chi connectivity index (χ3v) is 3.66. The van der Waals surface area contributed by atoms with Crippen LogP contribution in [0.4, 0.5) is 5.82 Å². The summed E-state index contributed by atoms with van der Waals surface area (Å²) < 4.78 is 0.821. The van der Waals surface area contributed by atoms with Crippen molar-refractivity contribution < 1.29 is 5.11 Å². The first kappa shape index (κ1) is 11.9. The van der Waals surface area contributed by atoms with Gasteiger partial charge in [0.15, 0.2) is 0 Å². The summed E-state index contributed by atoms with van der Waals surface area (Å²) in [5.41, 5.74) is -0.161. The van der Waals surface area contributed by atoms with Crippen LogP contribution in [-0.2, 0) is 0 Å². The second kappa shape index (κ2) is 5.15. The SMILES string of the molecule is OCC1(Nc2cccc(Br)n2)CCCCC1. The molecule has 1 aromatic rings. The van der Waals surface area contributed by atoms with Gasteiger partial charge in [0.05, 0.1) is 12.1 Å². The number of nitrogens with one attached hydrogen (secondary N) is 1. The van der Waals surface area contributed by atoms with Crippen LogP contribution in [0.2, 0.25) is 0 Å². The molecule has 0 radical (unpaired) electrons. The van der Waals surface area contributed by atoms with Gasteiger partial charge in [-0.1, -0.05) is 25.3 Å². The summed E-state index contributed by atoms with van der Waals surface area (Å²) in [6.45, 7) is 0.182. The number of rotatable bonds is 3. The second-order valence-electron chi connectivity index (χ2n) is 4.47. The van der Waals surface area contributed by atoms with Crippen LogP contribution in [0, 0.1) is 0 Å². The Hall–Kier alpha value is -0.610. The van der Waals surface area contributed by atoms with Crippen LogP contribution in [0.25, 0.3) is 0 Å². The Morgan fingerprint density at radius 3 is 2.69 bits per heavy atom. The van der Waals surface area contributed by atoms with Crippen LogP contribution in [-0.4, -0.2) is 22.2 Å². The summed E-state index contributed by atoms with van der Waals surface area (Å²) in [6.07, 6.45) is 5.69. The molecule has 1 fully saturated rings. The third-order valence-electron chi connectivity index (χ3n) is 3.22. The summed E-state index contributed by atoms with van der Waals surface area (Å²) in [6, 6.07) is 5.79. The van der Waals surface area contributed by atoms with Crippen LogP contribution in [0.5, 0.6) is 0 Å². The number of hydrogen-bond donors (Lipinski definition) is 2. The lowest BCUT2D eigenvalue weighted by molar-refractivity contribution is 0.172. The van der Waals surface area contributed by atoms with E-state index in [-0.39, 0.29) is 12.1 Å². The van der Waals surface area contributed by atoms with Gasteiger partial charge in [0.2, 0.25) is 0 Å². The minimum atomic E-state index is -0.161. The average molecular weight is 285 g/mol. The van der Waals surface area contributed by atoms with Gasteiger partial charge in [0, 0.05) is 0 Å². The monoisotopic (exact) mass is 284 g/mol. The van der Waals surface area contributed by atoms with Gasteiger partial charge >= 0.3 is 0 Å². The maximum Gasteiger partial charge on any atom is 0.127 e. The highest BCUT2D eigenvalue weighted by Gasteiger charge is 2.31. The van der Waals surface area contributed by atoms with E-state index in [1.54, 1.807) is 0 Å². The van der Waals surface area contributed by atoms with Crippen molar-refractivity contribution in [3.8, 4) is 0 Å². The van der Waals surface area contributed by atoms with Gasteiger partial charge in [-0.05, 0) is 40.9 Å². The highest BCUT2D eigenvalue weighted by atomic mass is 79.9. The number of hydrogen-bond acceptors (Lipinski definition) is 3. The summed E-state index contributed by atoms with van der Waals surface area (Å²) in [4.78, 5) is 4.35. The number of aliphatic hydroxyl groups excluding tert-OH is 1. The molecular formula is C12H17BrN2O. The van der Waals surface area contributed by atoms with Crippen molar-refractivity contribution in [3.63, 3.8) is 0 Å². The van der Waals surface area contributed by atoms with Crippen LogP contribution in [0.1, 0.15) is 32.1 Å². The Kier molecular flexibility index (Phi) is 3.82. The molecule has 1 aliphatic carbocycles. The molecular weight excluding hydrogens is 268 g/mol. The first-order chi connectivity index (χ1) is 7.74. The standard InChI is InChI=1S/C12H17BrN2O/c13-10-5-4-6-11(14-10)15-12(9-16)7-2-1-3-8-12/h4-6,16H,1-3,7-9H2,(H,14,15). The molecule has 0 aliphatic heterocycles. The maximum absolute atomic E-state index is 9.57. The van der Waals surface area contributed by atoms with Gasteiger partial charge in [-0.2, -0.15) is 0 Å². The van der Waals surface area contributed by atoms with Gasteiger partial charge in [-0.15, -0.1) is 0 Å². The fraction of sp³-hybridized carbons (Fsp3) is 0.583. The van der Waals surface area contributed by atoms with Crippen LogP contribution >= 0.6 is 15.9 Å². The number of anilines is 1. The minimum absolute atomic E-state index is 0.161. The van der Waals surface area contributed by atoms with E-state index in [0.29, 0.717) is 0 Å². The van der Waals surface area contributed by atoms with Crippen molar-refractivity contribution in [1.82, 2.24) is 4.98 Å². The highest BCUT2D eigenvalue weighted by Crippen LogP contribution is 2.31. The fourth-order valence-electron chi connectivity index (χ4n) is 2.30. The first-order valence-corrected chi connectivity index (χ1v) is 6.55. The van der Waals surface area contributed by atoms with E-state index in [4.69, 9.17) is 0 Å². The zero-order valence-corrected chi connectivity index (χ0v) is 10.8. The number of halogens is 1. The van der Waals surface area contributed by atoms with Gasteiger partial charge < -0.3 is 10.4 Å². The zero-order valence-electron chi connectivity index (χ0n) is 9.25. The van der Waals surface area contributed by atoms with E-state index in [1.807, 2.05) is 18.2 Å². The van der Waals surface area contributed by atoms with Gasteiger partial charge in [-0.3, -0.25) is 0 Å². The molecule has 1 saturated carbocycles. The minimum Gasteiger partial charge on any atom is -0.394 e. The lowest BCUT2D eigenvalue weighted by Crippen LogP contribution is -2.44. The summed E-state index contributed by atoms with van der Waals surface area (Å²) in [7, 11) is 0. The second-order valence-corrected chi connectivity index (χ2v) is 5.28. The summed E-state index contributed by atoms with van der Waals surface area (Å²) in [5, 5.41) is 13.0.